The van der Waals surface area contributed by atoms with Crippen LogP contribution in [-0.2, 0) is 33.6 Å². The number of aliphatic carboxylic acids is 2. The SMILES string of the molecule is CC(=O)NC(CC(C)C)C(=O)NC(CCC(=O)O)C(=O)NC(C(=O)NC(CC(=O)O)C(=O)Nc1ccc2c(C)cc(=O)oc2c1)C(C)C. The van der Waals surface area contributed by atoms with Crippen LogP contribution in [0.1, 0.15) is 65.9 Å². The molecule has 4 unspecified atom stereocenters. The first-order valence-electron chi connectivity index (χ1n) is 15.3. The highest BCUT2D eigenvalue weighted by Crippen LogP contribution is 2.21. The van der Waals surface area contributed by atoms with E-state index >= 15 is 0 Å². The maximum absolute atomic E-state index is 13.4. The highest BCUT2D eigenvalue weighted by molar-refractivity contribution is 6.01. The van der Waals surface area contributed by atoms with Gasteiger partial charge in [0.25, 0.3) is 0 Å². The zero-order valence-corrected chi connectivity index (χ0v) is 27.7. The first-order chi connectivity index (χ1) is 22.4. The first-order valence-corrected chi connectivity index (χ1v) is 15.3. The normalized spacial score (nSPS) is 13.6. The highest BCUT2D eigenvalue weighted by Gasteiger charge is 2.33. The quantitative estimate of drug-likeness (QED) is 0.117. The average Bonchev–Trinajstić information content (AvgIpc) is 2.95. The van der Waals surface area contributed by atoms with E-state index in [2.05, 4.69) is 26.6 Å². The molecule has 48 heavy (non-hydrogen) atoms. The Bertz CT molecular complexity index is 1600. The lowest BCUT2D eigenvalue weighted by molar-refractivity contribution is -0.141. The van der Waals surface area contributed by atoms with Gasteiger partial charge in [0.15, 0.2) is 0 Å². The maximum atomic E-state index is 13.4. The summed E-state index contributed by atoms with van der Waals surface area (Å²) < 4.78 is 5.18. The summed E-state index contributed by atoms with van der Waals surface area (Å²) in [6, 6.07) is 0.413. The van der Waals surface area contributed by atoms with E-state index in [-0.39, 0.29) is 30.0 Å². The van der Waals surface area contributed by atoms with Gasteiger partial charge in [-0.2, -0.15) is 0 Å². The van der Waals surface area contributed by atoms with Crippen molar-refractivity contribution in [2.75, 3.05) is 5.32 Å². The lowest BCUT2D eigenvalue weighted by Gasteiger charge is -2.28. The van der Waals surface area contributed by atoms with Crippen LogP contribution < -0.4 is 32.2 Å². The van der Waals surface area contributed by atoms with Crippen molar-refractivity contribution >= 4 is 58.1 Å². The number of benzene rings is 1. The Labute approximate surface area is 276 Å². The molecule has 16 nitrogen and oxygen atoms in total. The molecule has 2 rings (SSSR count). The van der Waals surface area contributed by atoms with Gasteiger partial charge < -0.3 is 41.2 Å². The van der Waals surface area contributed by atoms with E-state index in [0.717, 1.165) is 0 Å². The fourth-order valence-electron chi connectivity index (χ4n) is 4.82. The third kappa shape index (κ3) is 12.1. The largest absolute Gasteiger partial charge is 0.481 e. The van der Waals surface area contributed by atoms with E-state index in [9.17, 15) is 48.6 Å². The Kier molecular flexibility index (Phi) is 14.3. The zero-order chi connectivity index (χ0) is 36.3. The monoisotopic (exact) mass is 673 g/mol. The van der Waals surface area contributed by atoms with Crippen LogP contribution in [0.15, 0.2) is 33.5 Å². The van der Waals surface area contributed by atoms with Crippen LogP contribution in [0.25, 0.3) is 11.0 Å². The van der Waals surface area contributed by atoms with Gasteiger partial charge in [0.05, 0.1) is 6.42 Å². The van der Waals surface area contributed by atoms with E-state index in [1.807, 2.05) is 13.8 Å². The van der Waals surface area contributed by atoms with Crippen molar-refractivity contribution in [3.8, 4) is 0 Å². The molecule has 0 aliphatic carbocycles. The summed E-state index contributed by atoms with van der Waals surface area (Å²) >= 11 is 0. The molecule has 4 atom stereocenters. The predicted octanol–water partition coefficient (Wildman–Crippen LogP) is 1.04. The molecular weight excluding hydrogens is 630 g/mol. The molecule has 16 heteroatoms. The number of fused-ring (bicyclic) bond motifs is 1. The van der Waals surface area contributed by atoms with Gasteiger partial charge in [0.1, 0.15) is 29.8 Å². The molecule has 0 saturated heterocycles. The fourth-order valence-corrected chi connectivity index (χ4v) is 4.82. The number of aryl methyl sites for hydroxylation is 1. The van der Waals surface area contributed by atoms with Crippen LogP contribution in [0.2, 0.25) is 0 Å². The Morgan fingerprint density at radius 3 is 1.96 bits per heavy atom. The van der Waals surface area contributed by atoms with Gasteiger partial charge in [0.2, 0.25) is 29.5 Å². The van der Waals surface area contributed by atoms with Crippen LogP contribution in [0.4, 0.5) is 5.69 Å². The summed E-state index contributed by atoms with van der Waals surface area (Å²) in [5, 5.41) is 31.6. The predicted molar refractivity (Wildman–Crippen MR) is 173 cm³/mol. The summed E-state index contributed by atoms with van der Waals surface area (Å²) in [5.74, 6) is -7.23. The summed E-state index contributed by atoms with van der Waals surface area (Å²) in [7, 11) is 0. The van der Waals surface area contributed by atoms with E-state index in [1.165, 1.54) is 25.1 Å². The summed E-state index contributed by atoms with van der Waals surface area (Å²) in [4.78, 5) is 99.4. The molecule has 0 aliphatic heterocycles. The zero-order valence-electron chi connectivity index (χ0n) is 27.7. The van der Waals surface area contributed by atoms with Crippen LogP contribution in [-0.4, -0.2) is 75.9 Å². The standard InChI is InChI=1S/C32H43N5O11/c1-15(2)11-22(33-18(6)38)31(46)35-21(9-10-25(39)40)29(44)37-28(16(3)4)32(47)36-23(14-26(41)42)30(45)34-19-7-8-20-17(5)12-27(43)48-24(20)13-19/h7-8,12-13,15-16,21-23,28H,9-11,14H2,1-6H3,(H,33,38)(H,34,45)(H,35,46)(H,36,47)(H,37,44)(H,39,40)(H,41,42). The smallest absolute Gasteiger partial charge is 0.336 e. The van der Waals surface area contributed by atoms with Crippen molar-refractivity contribution in [3.63, 3.8) is 0 Å². The number of hydrogen-bond donors (Lipinski definition) is 7. The molecule has 0 bridgehead atoms. The molecule has 0 radical (unpaired) electrons. The number of rotatable bonds is 17. The second-order valence-electron chi connectivity index (χ2n) is 12.2. The van der Waals surface area contributed by atoms with Crippen molar-refractivity contribution < 1.29 is 48.2 Å². The molecule has 0 fully saturated rings. The minimum atomic E-state index is -1.61. The van der Waals surface area contributed by atoms with Gasteiger partial charge >= 0.3 is 17.6 Å². The number of hydrogen-bond acceptors (Lipinski definition) is 9. The maximum Gasteiger partial charge on any atom is 0.336 e. The lowest BCUT2D eigenvalue weighted by atomic mass is 10.00. The second-order valence-corrected chi connectivity index (χ2v) is 12.2. The van der Waals surface area contributed by atoms with E-state index in [4.69, 9.17) is 4.42 Å². The summed E-state index contributed by atoms with van der Waals surface area (Å²) in [6.07, 6.45) is -1.44. The number of carboxylic acid groups (broad SMARTS) is 2. The Balaban J connectivity index is 2.26. The Morgan fingerprint density at radius 1 is 0.771 bits per heavy atom. The first kappa shape index (κ1) is 38.9. The second kappa shape index (κ2) is 17.6. The number of carboxylic acids is 2. The molecule has 7 N–H and O–H groups in total. The summed E-state index contributed by atoms with van der Waals surface area (Å²) in [5.41, 5.74) is 0.377. The van der Waals surface area contributed by atoms with Crippen LogP contribution >= 0.6 is 0 Å². The van der Waals surface area contributed by atoms with Crippen molar-refractivity contribution in [2.24, 2.45) is 11.8 Å². The number of carbonyl (C=O) groups is 7. The van der Waals surface area contributed by atoms with E-state index < -0.39 is 90.0 Å². The van der Waals surface area contributed by atoms with Gasteiger partial charge in [-0.1, -0.05) is 27.7 Å². The molecule has 1 aromatic heterocycles. The molecule has 0 aliphatic rings. The molecule has 262 valence electrons. The molecule has 0 saturated carbocycles. The van der Waals surface area contributed by atoms with Crippen molar-refractivity contribution in [2.45, 2.75) is 91.4 Å². The van der Waals surface area contributed by atoms with Gasteiger partial charge in [-0.25, -0.2) is 4.79 Å². The number of anilines is 1. The van der Waals surface area contributed by atoms with Gasteiger partial charge in [-0.15, -0.1) is 0 Å². The molecule has 5 amide bonds. The summed E-state index contributed by atoms with van der Waals surface area (Å²) in [6.45, 7) is 9.72. The molecule has 1 aromatic carbocycles. The third-order valence-corrected chi connectivity index (χ3v) is 7.16. The van der Waals surface area contributed by atoms with Gasteiger partial charge in [-0.05, 0) is 49.3 Å². The number of amides is 5. The van der Waals surface area contributed by atoms with Gasteiger partial charge in [0, 0.05) is 36.6 Å². The van der Waals surface area contributed by atoms with Gasteiger partial charge in [-0.3, -0.25) is 33.6 Å². The van der Waals surface area contributed by atoms with Crippen molar-refractivity contribution in [1.82, 2.24) is 21.3 Å². The van der Waals surface area contributed by atoms with Crippen LogP contribution in [0.5, 0.6) is 0 Å². The van der Waals surface area contributed by atoms with Crippen molar-refractivity contribution in [3.05, 3.63) is 40.2 Å². The lowest BCUT2D eigenvalue weighted by Crippen LogP contribution is -2.59. The molecular formula is C32H43N5O11. The van der Waals surface area contributed by atoms with Crippen molar-refractivity contribution in [1.29, 1.82) is 0 Å². The van der Waals surface area contributed by atoms with Crippen LogP contribution in [0, 0.1) is 18.8 Å². The Hall–Kier alpha value is -5.28. The minimum absolute atomic E-state index is 0.0185. The topological polar surface area (TPSA) is 250 Å². The highest BCUT2D eigenvalue weighted by atomic mass is 16.4. The van der Waals surface area contributed by atoms with Crippen LogP contribution in [0.3, 0.4) is 0 Å². The number of carbonyl (C=O) groups excluding carboxylic acids is 5. The number of nitrogens with one attached hydrogen (secondary N) is 5. The molecule has 1 heterocycles. The molecule has 0 spiro atoms. The Morgan fingerprint density at radius 2 is 1.40 bits per heavy atom. The van der Waals surface area contributed by atoms with E-state index in [0.29, 0.717) is 10.9 Å². The average molecular weight is 674 g/mol. The third-order valence-electron chi connectivity index (χ3n) is 7.16. The van der Waals surface area contributed by atoms with E-state index in [1.54, 1.807) is 26.8 Å². The fraction of sp³-hybridized carbons (Fsp3) is 0.500. The molecule has 2 aromatic rings. The minimum Gasteiger partial charge on any atom is -0.481 e.